The standard InChI is InChI=1S/C12H15F3N2O/c1-2-17(8-7-16)11(18)9-5-3-4-6-10(9)12(13,14)15/h3-6H,2,7-8,16H2,1H3. The van der Waals surface area contributed by atoms with Crippen LogP contribution in [0.5, 0.6) is 0 Å². The van der Waals surface area contributed by atoms with Crippen molar-refractivity contribution in [1.82, 2.24) is 4.90 Å². The molecule has 18 heavy (non-hydrogen) atoms. The van der Waals surface area contributed by atoms with Gasteiger partial charge in [-0.25, -0.2) is 0 Å². The van der Waals surface area contributed by atoms with Crippen molar-refractivity contribution < 1.29 is 18.0 Å². The highest BCUT2D eigenvalue weighted by atomic mass is 19.4. The lowest BCUT2D eigenvalue weighted by atomic mass is 10.1. The van der Waals surface area contributed by atoms with Crippen LogP contribution in [-0.2, 0) is 6.18 Å². The molecule has 0 radical (unpaired) electrons. The molecule has 0 aliphatic heterocycles. The maximum Gasteiger partial charge on any atom is 0.417 e. The Labute approximate surface area is 103 Å². The molecule has 0 bridgehead atoms. The van der Waals surface area contributed by atoms with Gasteiger partial charge in [0.05, 0.1) is 11.1 Å². The van der Waals surface area contributed by atoms with Gasteiger partial charge in [0.2, 0.25) is 0 Å². The maximum absolute atomic E-state index is 12.8. The summed E-state index contributed by atoms with van der Waals surface area (Å²) in [6.45, 7) is 2.47. The molecule has 0 saturated heterocycles. The van der Waals surface area contributed by atoms with Gasteiger partial charge in [0, 0.05) is 19.6 Å². The number of rotatable bonds is 4. The third kappa shape index (κ3) is 3.22. The van der Waals surface area contributed by atoms with E-state index in [4.69, 9.17) is 5.73 Å². The van der Waals surface area contributed by atoms with Crippen molar-refractivity contribution in [3.05, 3.63) is 35.4 Å². The molecular formula is C12H15F3N2O. The van der Waals surface area contributed by atoms with Crippen LogP contribution in [0.1, 0.15) is 22.8 Å². The van der Waals surface area contributed by atoms with E-state index in [-0.39, 0.29) is 18.7 Å². The zero-order valence-electron chi connectivity index (χ0n) is 10.00. The van der Waals surface area contributed by atoms with Gasteiger partial charge in [-0.1, -0.05) is 12.1 Å². The molecule has 2 N–H and O–H groups in total. The lowest BCUT2D eigenvalue weighted by Crippen LogP contribution is -2.36. The van der Waals surface area contributed by atoms with Crippen LogP contribution < -0.4 is 5.73 Å². The van der Waals surface area contributed by atoms with E-state index < -0.39 is 17.6 Å². The Morgan fingerprint density at radius 2 is 1.94 bits per heavy atom. The molecular weight excluding hydrogens is 245 g/mol. The zero-order chi connectivity index (χ0) is 13.8. The first-order valence-corrected chi connectivity index (χ1v) is 5.57. The molecule has 0 fully saturated rings. The molecule has 1 rings (SSSR count). The zero-order valence-corrected chi connectivity index (χ0v) is 10.00. The molecule has 0 aromatic heterocycles. The number of carbonyl (C=O) groups excluding carboxylic acids is 1. The summed E-state index contributed by atoms with van der Waals surface area (Å²) >= 11 is 0. The van der Waals surface area contributed by atoms with Crippen molar-refractivity contribution in [3.63, 3.8) is 0 Å². The number of halogens is 3. The number of benzene rings is 1. The molecule has 3 nitrogen and oxygen atoms in total. The number of carbonyl (C=O) groups is 1. The van der Waals surface area contributed by atoms with Crippen LogP contribution in [0.3, 0.4) is 0 Å². The molecule has 0 saturated carbocycles. The van der Waals surface area contributed by atoms with E-state index in [1.807, 2.05) is 0 Å². The average molecular weight is 260 g/mol. The third-order valence-electron chi connectivity index (χ3n) is 2.53. The van der Waals surface area contributed by atoms with Gasteiger partial charge >= 0.3 is 6.18 Å². The number of nitrogens with two attached hydrogens (primary N) is 1. The molecule has 1 amide bonds. The van der Waals surface area contributed by atoms with E-state index in [1.54, 1.807) is 6.92 Å². The van der Waals surface area contributed by atoms with Crippen LogP contribution >= 0.6 is 0 Å². The van der Waals surface area contributed by atoms with E-state index in [9.17, 15) is 18.0 Å². The van der Waals surface area contributed by atoms with Crippen molar-refractivity contribution in [2.75, 3.05) is 19.6 Å². The second-order valence-corrected chi connectivity index (χ2v) is 3.72. The highest BCUT2D eigenvalue weighted by Crippen LogP contribution is 2.32. The van der Waals surface area contributed by atoms with Gasteiger partial charge in [-0.3, -0.25) is 4.79 Å². The van der Waals surface area contributed by atoms with Crippen LogP contribution in [0, 0.1) is 0 Å². The number of hydrogen-bond donors (Lipinski definition) is 1. The van der Waals surface area contributed by atoms with Crippen LogP contribution in [-0.4, -0.2) is 30.4 Å². The van der Waals surface area contributed by atoms with E-state index in [0.717, 1.165) is 6.07 Å². The fourth-order valence-corrected chi connectivity index (χ4v) is 1.65. The van der Waals surface area contributed by atoms with E-state index >= 15 is 0 Å². The SMILES string of the molecule is CCN(CCN)C(=O)c1ccccc1C(F)(F)F. The van der Waals surface area contributed by atoms with Crippen molar-refractivity contribution in [1.29, 1.82) is 0 Å². The van der Waals surface area contributed by atoms with Crippen molar-refractivity contribution in [2.24, 2.45) is 5.73 Å². The fourth-order valence-electron chi connectivity index (χ4n) is 1.65. The first kappa shape index (κ1) is 14.5. The monoisotopic (exact) mass is 260 g/mol. The smallest absolute Gasteiger partial charge is 0.338 e. The Kier molecular flexibility index (Phi) is 4.72. The Morgan fingerprint density at radius 1 is 1.33 bits per heavy atom. The van der Waals surface area contributed by atoms with Crippen LogP contribution in [0.4, 0.5) is 13.2 Å². The number of likely N-dealkylation sites (N-methyl/N-ethyl adjacent to an activating group) is 1. The van der Waals surface area contributed by atoms with Gasteiger partial charge in [0.15, 0.2) is 0 Å². The normalized spacial score (nSPS) is 11.4. The van der Waals surface area contributed by atoms with E-state index in [1.165, 1.54) is 23.1 Å². The number of nitrogens with zero attached hydrogens (tertiary/aromatic N) is 1. The third-order valence-corrected chi connectivity index (χ3v) is 2.53. The lowest BCUT2D eigenvalue weighted by molar-refractivity contribution is -0.138. The highest BCUT2D eigenvalue weighted by Gasteiger charge is 2.35. The largest absolute Gasteiger partial charge is 0.417 e. The quantitative estimate of drug-likeness (QED) is 0.901. The van der Waals surface area contributed by atoms with Crippen LogP contribution in [0.15, 0.2) is 24.3 Å². The summed E-state index contributed by atoms with van der Waals surface area (Å²) in [4.78, 5) is 13.3. The summed E-state index contributed by atoms with van der Waals surface area (Å²) in [7, 11) is 0. The van der Waals surface area contributed by atoms with Gasteiger partial charge in [-0.2, -0.15) is 13.2 Å². The Bertz CT molecular complexity index is 418. The summed E-state index contributed by atoms with van der Waals surface area (Å²) in [5.74, 6) is -0.643. The van der Waals surface area contributed by atoms with Gasteiger partial charge in [0.1, 0.15) is 0 Å². The minimum absolute atomic E-state index is 0.216. The fraction of sp³-hybridized carbons (Fsp3) is 0.417. The first-order valence-electron chi connectivity index (χ1n) is 5.57. The highest BCUT2D eigenvalue weighted by molar-refractivity contribution is 5.95. The maximum atomic E-state index is 12.8. The Balaban J connectivity index is 3.13. The number of hydrogen-bond acceptors (Lipinski definition) is 2. The molecule has 6 heteroatoms. The molecule has 1 aromatic rings. The summed E-state index contributed by atoms with van der Waals surface area (Å²) in [6.07, 6.45) is -4.53. The molecule has 0 heterocycles. The average Bonchev–Trinajstić information content (AvgIpc) is 2.34. The first-order chi connectivity index (χ1) is 8.41. The summed E-state index contributed by atoms with van der Waals surface area (Å²) in [6, 6.07) is 4.77. The lowest BCUT2D eigenvalue weighted by Gasteiger charge is -2.22. The Hall–Kier alpha value is -1.56. The molecule has 0 atom stereocenters. The molecule has 0 aliphatic carbocycles. The Morgan fingerprint density at radius 3 is 2.44 bits per heavy atom. The molecule has 100 valence electrons. The summed E-state index contributed by atoms with van der Waals surface area (Å²) < 4.78 is 38.3. The van der Waals surface area contributed by atoms with Gasteiger partial charge in [-0.15, -0.1) is 0 Å². The van der Waals surface area contributed by atoms with Crippen LogP contribution in [0.25, 0.3) is 0 Å². The number of alkyl halides is 3. The second-order valence-electron chi connectivity index (χ2n) is 3.72. The van der Waals surface area contributed by atoms with Crippen molar-refractivity contribution >= 4 is 5.91 Å². The van der Waals surface area contributed by atoms with Gasteiger partial charge < -0.3 is 10.6 Å². The second kappa shape index (κ2) is 5.86. The van der Waals surface area contributed by atoms with E-state index in [0.29, 0.717) is 6.54 Å². The molecule has 0 spiro atoms. The predicted molar refractivity (Wildman–Crippen MR) is 62.1 cm³/mol. The van der Waals surface area contributed by atoms with Crippen LogP contribution in [0.2, 0.25) is 0 Å². The van der Waals surface area contributed by atoms with E-state index in [2.05, 4.69) is 0 Å². The number of amides is 1. The predicted octanol–water partition coefficient (Wildman–Crippen LogP) is 2.13. The molecule has 0 unspecified atom stereocenters. The summed E-state index contributed by atoms with van der Waals surface area (Å²) in [5.41, 5.74) is 4.08. The topological polar surface area (TPSA) is 46.3 Å². The molecule has 0 aliphatic rings. The van der Waals surface area contributed by atoms with Crippen molar-refractivity contribution in [3.8, 4) is 0 Å². The minimum Gasteiger partial charge on any atom is -0.338 e. The molecule has 1 aromatic carbocycles. The van der Waals surface area contributed by atoms with Gasteiger partial charge in [0.25, 0.3) is 5.91 Å². The summed E-state index contributed by atoms with van der Waals surface area (Å²) in [5, 5.41) is 0. The van der Waals surface area contributed by atoms with Crippen molar-refractivity contribution in [2.45, 2.75) is 13.1 Å². The minimum atomic E-state index is -4.53. The van der Waals surface area contributed by atoms with Gasteiger partial charge in [-0.05, 0) is 19.1 Å².